The smallest absolute Gasteiger partial charge is 0.0102 e. The summed E-state index contributed by atoms with van der Waals surface area (Å²) in [6, 6.07) is 0. The Morgan fingerprint density at radius 1 is 1.71 bits per heavy atom. The van der Waals surface area contributed by atoms with Crippen LogP contribution in [0.4, 0.5) is 0 Å². The molecule has 2 heteroatoms. The molecule has 43 valence electrons. The fourth-order valence-electron chi connectivity index (χ4n) is 0.303. The molecule has 0 amide bonds. The lowest BCUT2D eigenvalue weighted by Gasteiger charge is -2.12. The highest BCUT2D eigenvalue weighted by Gasteiger charge is 1.84. The van der Waals surface area contributed by atoms with Crippen LogP contribution in [0, 0.1) is 6.92 Å². The Kier molecular flexibility index (Phi) is 4.04. The minimum atomic E-state index is 0.768. The van der Waals surface area contributed by atoms with E-state index in [1.165, 1.54) is 0 Å². The van der Waals surface area contributed by atoms with Gasteiger partial charge < -0.3 is 0 Å². The highest BCUT2D eigenvalue weighted by Crippen LogP contribution is 1.67. The molecule has 0 aromatic carbocycles. The van der Waals surface area contributed by atoms with Gasteiger partial charge in [0.25, 0.3) is 0 Å². The Hall–Kier alpha value is -0.0800. The lowest BCUT2D eigenvalue weighted by atomic mass is 10.7. The summed E-state index contributed by atoms with van der Waals surface area (Å²) in [7, 11) is 1.99. The Morgan fingerprint density at radius 2 is 2.29 bits per heavy atom. The molecule has 1 radical (unpaired) electrons. The van der Waals surface area contributed by atoms with Gasteiger partial charge in [0.1, 0.15) is 0 Å². The Morgan fingerprint density at radius 3 is 2.43 bits per heavy atom. The lowest BCUT2D eigenvalue weighted by Crippen LogP contribution is -2.33. The second kappa shape index (κ2) is 4.09. The van der Waals surface area contributed by atoms with E-state index in [1.807, 2.05) is 12.1 Å². The summed E-state index contributed by atoms with van der Waals surface area (Å²) in [6.07, 6.45) is 0. The van der Waals surface area contributed by atoms with Crippen molar-refractivity contribution in [2.45, 2.75) is 6.92 Å². The van der Waals surface area contributed by atoms with Gasteiger partial charge in [0.05, 0.1) is 0 Å². The minimum absolute atomic E-state index is 0.768. The molecule has 0 rings (SSSR count). The zero-order chi connectivity index (χ0) is 5.70. The summed E-state index contributed by atoms with van der Waals surface area (Å²) in [5.41, 5.74) is 3.02. The van der Waals surface area contributed by atoms with Crippen LogP contribution in [-0.2, 0) is 0 Å². The van der Waals surface area contributed by atoms with Crippen LogP contribution in [0.2, 0.25) is 0 Å². The van der Waals surface area contributed by atoms with Crippen molar-refractivity contribution in [1.29, 1.82) is 0 Å². The average Bonchev–Trinajstić information content (AvgIpc) is 1.68. The van der Waals surface area contributed by atoms with Crippen LogP contribution in [0.3, 0.4) is 0 Å². The molecule has 0 saturated carbocycles. The van der Waals surface area contributed by atoms with Gasteiger partial charge in [-0.05, 0) is 6.92 Å². The minimum Gasteiger partial charge on any atom is -0.255 e. The van der Waals surface area contributed by atoms with E-state index in [4.69, 9.17) is 0 Å². The molecule has 1 N–H and O–H groups in total. The topological polar surface area (TPSA) is 15.3 Å². The first-order valence-electron chi connectivity index (χ1n) is 2.55. The van der Waals surface area contributed by atoms with Crippen LogP contribution >= 0.6 is 0 Å². The first-order valence-corrected chi connectivity index (χ1v) is 2.55. The van der Waals surface area contributed by atoms with E-state index in [0.717, 1.165) is 13.1 Å². The number of hydrazine groups is 1. The van der Waals surface area contributed by atoms with Gasteiger partial charge in [-0.15, -0.1) is 0 Å². The number of rotatable bonds is 3. The van der Waals surface area contributed by atoms with E-state index in [2.05, 4.69) is 19.3 Å². The van der Waals surface area contributed by atoms with Crippen LogP contribution in [0.5, 0.6) is 0 Å². The van der Waals surface area contributed by atoms with Crippen LogP contribution in [-0.4, -0.2) is 25.1 Å². The van der Waals surface area contributed by atoms with Gasteiger partial charge in [-0.25, -0.2) is 5.01 Å². The van der Waals surface area contributed by atoms with Gasteiger partial charge in [-0.3, -0.25) is 5.43 Å². The van der Waals surface area contributed by atoms with E-state index in [-0.39, 0.29) is 0 Å². The van der Waals surface area contributed by atoms with Crippen LogP contribution in [0.1, 0.15) is 6.92 Å². The van der Waals surface area contributed by atoms with E-state index in [9.17, 15) is 0 Å². The normalized spacial score (nSPS) is 10.3. The van der Waals surface area contributed by atoms with Crippen molar-refractivity contribution in [2.24, 2.45) is 0 Å². The van der Waals surface area contributed by atoms with Gasteiger partial charge in [-0.1, -0.05) is 6.92 Å². The van der Waals surface area contributed by atoms with Crippen LogP contribution in [0.25, 0.3) is 0 Å². The standard InChI is InChI=1S/C5H13N2/c1-4-6-7(3)5-2/h6H,1,4-5H2,2-3H3. The summed E-state index contributed by atoms with van der Waals surface area (Å²) in [5, 5.41) is 1.99. The largest absolute Gasteiger partial charge is 0.255 e. The Labute approximate surface area is 45.5 Å². The third-order valence-electron chi connectivity index (χ3n) is 0.856. The molecular formula is C5H13N2. The van der Waals surface area contributed by atoms with Gasteiger partial charge in [0.15, 0.2) is 0 Å². The Balaban J connectivity index is 2.83. The number of hydrogen-bond acceptors (Lipinski definition) is 2. The van der Waals surface area contributed by atoms with Crippen molar-refractivity contribution in [3.05, 3.63) is 6.92 Å². The maximum atomic E-state index is 3.62. The summed E-state index contributed by atoms with van der Waals surface area (Å²) >= 11 is 0. The van der Waals surface area contributed by atoms with E-state index < -0.39 is 0 Å². The van der Waals surface area contributed by atoms with Crippen LogP contribution < -0.4 is 5.43 Å². The molecule has 0 spiro atoms. The van der Waals surface area contributed by atoms with Gasteiger partial charge >= 0.3 is 0 Å². The van der Waals surface area contributed by atoms with E-state index in [1.54, 1.807) is 0 Å². The predicted octanol–water partition coefficient (Wildman–Crippen LogP) is 0.277. The fraction of sp³-hybridized carbons (Fsp3) is 0.800. The van der Waals surface area contributed by atoms with Crippen LogP contribution in [0.15, 0.2) is 0 Å². The molecule has 0 aromatic rings. The van der Waals surface area contributed by atoms with Gasteiger partial charge in [0, 0.05) is 20.1 Å². The molecule has 0 aliphatic heterocycles. The molecule has 0 fully saturated rings. The Bertz CT molecular complexity index is 37.1. The molecule has 0 bridgehead atoms. The second-order valence-corrected chi connectivity index (χ2v) is 1.42. The SMILES string of the molecule is [CH2]CNN(C)CC. The quantitative estimate of drug-likeness (QED) is 0.513. The van der Waals surface area contributed by atoms with E-state index >= 15 is 0 Å². The third-order valence-corrected chi connectivity index (χ3v) is 0.856. The average molecular weight is 101 g/mol. The van der Waals surface area contributed by atoms with Crippen molar-refractivity contribution in [2.75, 3.05) is 20.1 Å². The van der Waals surface area contributed by atoms with Crippen molar-refractivity contribution >= 4 is 0 Å². The maximum absolute atomic E-state index is 3.62. The predicted molar refractivity (Wildman–Crippen MR) is 31.7 cm³/mol. The number of nitrogens with zero attached hydrogens (tertiary/aromatic N) is 1. The van der Waals surface area contributed by atoms with Crippen molar-refractivity contribution in [1.82, 2.24) is 10.4 Å². The zero-order valence-electron chi connectivity index (χ0n) is 5.07. The lowest BCUT2D eigenvalue weighted by molar-refractivity contribution is 0.261. The fourth-order valence-corrected chi connectivity index (χ4v) is 0.303. The molecule has 2 nitrogen and oxygen atoms in total. The van der Waals surface area contributed by atoms with Gasteiger partial charge in [-0.2, -0.15) is 0 Å². The number of hydrogen-bond donors (Lipinski definition) is 1. The zero-order valence-corrected chi connectivity index (χ0v) is 5.07. The van der Waals surface area contributed by atoms with E-state index in [0.29, 0.717) is 0 Å². The molecule has 0 saturated heterocycles. The molecule has 0 aliphatic carbocycles. The third kappa shape index (κ3) is 3.76. The molecule has 0 unspecified atom stereocenters. The molecular weight excluding hydrogens is 88.1 g/mol. The monoisotopic (exact) mass is 101 g/mol. The summed E-state index contributed by atoms with van der Waals surface area (Å²) in [5.74, 6) is 0. The highest BCUT2D eigenvalue weighted by atomic mass is 15.5. The van der Waals surface area contributed by atoms with Crippen molar-refractivity contribution in [3.63, 3.8) is 0 Å². The summed E-state index contributed by atoms with van der Waals surface area (Å²) in [6.45, 7) is 7.50. The summed E-state index contributed by atoms with van der Waals surface area (Å²) < 4.78 is 0. The number of nitrogens with one attached hydrogen (secondary N) is 1. The molecule has 0 aliphatic rings. The molecule has 7 heavy (non-hydrogen) atoms. The van der Waals surface area contributed by atoms with Crippen molar-refractivity contribution < 1.29 is 0 Å². The molecule has 0 atom stereocenters. The first kappa shape index (κ1) is 6.92. The molecule has 0 heterocycles. The second-order valence-electron chi connectivity index (χ2n) is 1.42. The van der Waals surface area contributed by atoms with Gasteiger partial charge in [0.2, 0.25) is 0 Å². The first-order chi connectivity index (χ1) is 3.31. The molecule has 0 aromatic heterocycles. The maximum Gasteiger partial charge on any atom is 0.0102 e. The highest BCUT2D eigenvalue weighted by molar-refractivity contribution is 4.40. The van der Waals surface area contributed by atoms with Crippen molar-refractivity contribution in [3.8, 4) is 0 Å². The summed E-state index contributed by atoms with van der Waals surface area (Å²) in [4.78, 5) is 0.